The fourth-order valence-corrected chi connectivity index (χ4v) is 2.56. The molecule has 1 aliphatic rings. The molecule has 0 bridgehead atoms. The van der Waals surface area contributed by atoms with Gasteiger partial charge in [0, 0.05) is 19.1 Å². The number of nitrogens with zero attached hydrogens (tertiary/aromatic N) is 1. The van der Waals surface area contributed by atoms with Crippen molar-refractivity contribution in [1.82, 2.24) is 4.90 Å². The molecule has 0 aromatic heterocycles. The molecule has 1 fully saturated rings. The molecule has 0 amide bonds. The first-order valence-corrected chi connectivity index (χ1v) is 7.18. The molecule has 2 nitrogen and oxygen atoms in total. The van der Waals surface area contributed by atoms with E-state index in [-0.39, 0.29) is 0 Å². The standard InChI is InChI=1S/C14H30N2/c1-3-4-5-6-10-14(11-15)16(2)12-13-8-7-9-13/h13-14H,3-12,15H2,1-2H3. The topological polar surface area (TPSA) is 29.3 Å². The highest BCUT2D eigenvalue weighted by atomic mass is 15.1. The number of hydrogen-bond donors (Lipinski definition) is 1. The SMILES string of the molecule is CCCCCCC(CN)N(C)CC1CCC1. The largest absolute Gasteiger partial charge is 0.329 e. The highest BCUT2D eigenvalue weighted by Gasteiger charge is 2.22. The lowest BCUT2D eigenvalue weighted by atomic mass is 9.85. The normalized spacial score (nSPS) is 18.8. The van der Waals surface area contributed by atoms with Crippen LogP contribution in [0.5, 0.6) is 0 Å². The number of nitrogens with two attached hydrogens (primary N) is 1. The van der Waals surface area contributed by atoms with Crippen LogP contribution in [-0.4, -0.2) is 31.1 Å². The highest BCUT2D eigenvalue weighted by molar-refractivity contribution is 4.77. The number of likely N-dealkylation sites (N-methyl/N-ethyl adjacent to an activating group) is 1. The summed E-state index contributed by atoms with van der Waals surface area (Å²) < 4.78 is 0. The van der Waals surface area contributed by atoms with E-state index in [9.17, 15) is 0 Å². The highest BCUT2D eigenvalue weighted by Crippen LogP contribution is 2.27. The monoisotopic (exact) mass is 226 g/mol. The predicted molar refractivity (Wildman–Crippen MR) is 71.6 cm³/mol. The van der Waals surface area contributed by atoms with Crippen LogP contribution in [0.15, 0.2) is 0 Å². The molecule has 0 aromatic rings. The maximum atomic E-state index is 5.88. The second-order valence-electron chi connectivity index (χ2n) is 5.48. The van der Waals surface area contributed by atoms with E-state index in [1.807, 2.05) is 0 Å². The van der Waals surface area contributed by atoms with Crippen LogP contribution in [0, 0.1) is 5.92 Å². The van der Waals surface area contributed by atoms with Crippen LogP contribution >= 0.6 is 0 Å². The lowest BCUT2D eigenvalue weighted by Gasteiger charge is -2.34. The molecule has 16 heavy (non-hydrogen) atoms. The fraction of sp³-hybridized carbons (Fsp3) is 1.00. The zero-order chi connectivity index (χ0) is 11.8. The first-order valence-electron chi connectivity index (χ1n) is 7.18. The molecule has 0 saturated heterocycles. The summed E-state index contributed by atoms with van der Waals surface area (Å²) in [5.74, 6) is 0.967. The third kappa shape index (κ3) is 4.84. The molecule has 1 atom stereocenters. The molecule has 1 aliphatic carbocycles. The van der Waals surface area contributed by atoms with Gasteiger partial charge in [-0.1, -0.05) is 39.0 Å². The fourth-order valence-electron chi connectivity index (χ4n) is 2.56. The Labute approximate surface area is 102 Å². The lowest BCUT2D eigenvalue weighted by Crippen LogP contribution is -2.41. The minimum Gasteiger partial charge on any atom is -0.329 e. The Morgan fingerprint density at radius 1 is 1.25 bits per heavy atom. The first-order chi connectivity index (χ1) is 7.77. The molecule has 96 valence electrons. The Hall–Kier alpha value is -0.0800. The van der Waals surface area contributed by atoms with E-state index < -0.39 is 0 Å². The van der Waals surface area contributed by atoms with Crippen LogP contribution in [-0.2, 0) is 0 Å². The molecule has 0 radical (unpaired) electrons. The maximum absolute atomic E-state index is 5.88. The van der Waals surface area contributed by atoms with Crippen LogP contribution in [0.4, 0.5) is 0 Å². The molecule has 0 spiro atoms. The molecule has 2 N–H and O–H groups in total. The Balaban J connectivity index is 2.12. The summed E-state index contributed by atoms with van der Waals surface area (Å²) in [6.45, 7) is 4.37. The summed E-state index contributed by atoms with van der Waals surface area (Å²) in [6.07, 6.45) is 11.1. The number of unbranched alkanes of at least 4 members (excludes halogenated alkanes) is 3. The maximum Gasteiger partial charge on any atom is 0.0215 e. The average molecular weight is 226 g/mol. The third-order valence-electron chi connectivity index (χ3n) is 4.06. The van der Waals surface area contributed by atoms with Gasteiger partial charge in [0.2, 0.25) is 0 Å². The van der Waals surface area contributed by atoms with Crippen molar-refractivity contribution in [3.8, 4) is 0 Å². The van der Waals surface area contributed by atoms with Crippen molar-refractivity contribution in [2.24, 2.45) is 11.7 Å². The third-order valence-corrected chi connectivity index (χ3v) is 4.06. The van der Waals surface area contributed by atoms with Crippen LogP contribution in [0.2, 0.25) is 0 Å². The van der Waals surface area contributed by atoms with Gasteiger partial charge >= 0.3 is 0 Å². The van der Waals surface area contributed by atoms with E-state index in [4.69, 9.17) is 5.73 Å². The lowest BCUT2D eigenvalue weighted by molar-refractivity contribution is 0.157. The van der Waals surface area contributed by atoms with E-state index in [0.717, 1.165) is 12.5 Å². The summed E-state index contributed by atoms with van der Waals surface area (Å²) in [6, 6.07) is 0.623. The molecular formula is C14H30N2. The Morgan fingerprint density at radius 2 is 2.00 bits per heavy atom. The van der Waals surface area contributed by atoms with Crippen molar-refractivity contribution in [3.63, 3.8) is 0 Å². The molecule has 2 heteroatoms. The van der Waals surface area contributed by atoms with Crippen LogP contribution in [0.3, 0.4) is 0 Å². The molecule has 1 saturated carbocycles. The number of hydrogen-bond acceptors (Lipinski definition) is 2. The predicted octanol–water partition coefficient (Wildman–Crippen LogP) is 3.02. The molecule has 0 heterocycles. The van der Waals surface area contributed by atoms with E-state index in [1.165, 1.54) is 57.9 Å². The Morgan fingerprint density at radius 3 is 2.50 bits per heavy atom. The second-order valence-corrected chi connectivity index (χ2v) is 5.48. The molecule has 1 rings (SSSR count). The van der Waals surface area contributed by atoms with Crippen molar-refractivity contribution in [1.29, 1.82) is 0 Å². The molecule has 0 aliphatic heterocycles. The van der Waals surface area contributed by atoms with E-state index in [1.54, 1.807) is 0 Å². The van der Waals surface area contributed by atoms with Crippen molar-refractivity contribution >= 4 is 0 Å². The quantitative estimate of drug-likeness (QED) is 0.612. The van der Waals surface area contributed by atoms with Crippen LogP contribution < -0.4 is 5.73 Å². The Bertz CT molecular complexity index is 166. The molecular weight excluding hydrogens is 196 g/mol. The van der Waals surface area contributed by atoms with Gasteiger partial charge in [0.15, 0.2) is 0 Å². The van der Waals surface area contributed by atoms with Gasteiger partial charge in [-0.05, 0) is 32.2 Å². The minimum absolute atomic E-state index is 0.623. The van der Waals surface area contributed by atoms with Crippen molar-refractivity contribution in [2.45, 2.75) is 64.3 Å². The van der Waals surface area contributed by atoms with Gasteiger partial charge in [-0.3, -0.25) is 0 Å². The summed E-state index contributed by atoms with van der Waals surface area (Å²) in [7, 11) is 2.26. The average Bonchev–Trinajstić information content (AvgIpc) is 2.23. The minimum atomic E-state index is 0.623. The second kappa shape index (κ2) is 8.08. The van der Waals surface area contributed by atoms with Gasteiger partial charge in [0.25, 0.3) is 0 Å². The van der Waals surface area contributed by atoms with Gasteiger partial charge < -0.3 is 10.6 Å². The number of rotatable bonds is 9. The summed E-state index contributed by atoms with van der Waals surface area (Å²) >= 11 is 0. The van der Waals surface area contributed by atoms with Crippen LogP contribution in [0.1, 0.15) is 58.3 Å². The summed E-state index contributed by atoms with van der Waals surface area (Å²) in [5, 5.41) is 0. The summed E-state index contributed by atoms with van der Waals surface area (Å²) in [4.78, 5) is 2.51. The Kier molecular flexibility index (Phi) is 7.06. The first kappa shape index (κ1) is 14.0. The van der Waals surface area contributed by atoms with E-state index >= 15 is 0 Å². The van der Waals surface area contributed by atoms with Gasteiger partial charge in [0.1, 0.15) is 0 Å². The zero-order valence-corrected chi connectivity index (χ0v) is 11.3. The van der Waals surface area contributed by atoms with Crippen molar-refractivity contribution < 1.29 is 0 Å². The van der Waals surface area contributed by atoms with Gasteiger partial charge in [-0.2, -0.15) is 0 Å². The van der Waals surface area contributed by atoms with E-state index in [2.05, 4.69) is 18.9 Å². The zero-order valence-electron chi connectivity index (χ0n) is 11.3. The molecule has 1 unspecified atom stereocenters. The van der Waals surface area contributed by atoms with Gasteiger partial charge in [-0.25, -0.2) is 0 Å². The van der Waals surface area contributed by atoms with Crippen molar-refractivity contribution in [3.05, 3.63) is 0 Å². The van der Waals surface area contributed by atoms with Crippen LogP contribution in [0.25, 0.3) is 0 Å². The molecule has 0 aromatic carbocycles. The van der Waals surface area contributed by atoms with Crippen molar-refractivity contribution in [2.75, 3.05) is 20.1 Å². The van der Waals surface area contributed by atoms with Gasteiger partial charge in [0.05, 0.1) is 0 Å². The van der Waals surface area contributed by atoms with E-state index in [0.29, 0.717) is 6.04 Å². The summed E-state index contributed by atoms with van der Waals surface area (Å²) in [5.41, 5.74) is 5.88. The smallest absolute Gasteiger partial charge is 0.0215 e. The van der Waals surface area contributed by atoms with Gasteiger partial charge in [-0.15, -0.1) is 0 Å².